The lowest BCUT2D eigenvalue weighted by molar-refractivity contribution is 0.276. The molecule has 1 N–H and O–H groups in total. The fourth-order valence-electron chi connectivity index (χ4n) is 1.55. The van der Waals surface area contributed by atoms with E-state index >= 15 is 0 Å². The van der Waals surface area contributed by atoms with Gasteiger partial charge in [-0.25, -0.2) is 0 Å². The van der Waals surface area contributed by atoms with Gasteiger partial charge in [0.2, 0.25) is 0 Å². The molecule has 0 aliphatic rings. The molecule has 0 saturated heterocycles. The molecule has 0 heterocycles. The lowest BCUT2D eigenvalue weighted by Gasteiger charge is -2.10. The van der Waals surface area contributed by atoms with Crippen molar-refractivity contribution < 1.29 is 8.85 Å². The number of hydrogen-bond acceptors (Lipinski definition) is 3. The topological polar surface area (TPSA) is 30.5 Å². The molecule has 4 heteroatoms. The summed E-state index contributed by atoms with van der Waals surface area (Å²) in [5.41, 5.74) is 1.33. The summed E-state index contributed by atoms with van der Waals surface area (Å²) >= 11 is 0. The Kier molecular flexibility index (Phi) is 7.08. The maximum Gasteiger partial charge on any atom is 0.320 e. The van der Waals surface area contributed by atoms with Crippen LogP contribution in [0.15, 0.2) is 30.3 Å². The quantitative estimate of drug-likeness (QED) is 0.553. The van der Waals surface area contributed by atoms with Crippen LogP contribution in [0.5, 0.6) is 0 Å². The Morgan fingerprint density at radius 3 is 2.44 bits per heavy atom. The van der Waals surface area contributed by atoms with E-state index in [2.05, 4.69) is 29.6 Å². The molecule has 1 aromatic carbocycles. The second-order valence-electron chi connectivity index (χ2n) is 3.71. The third-order valence-corrected chi connectivity index (χ3v) is 4.42. The van der Waals surface area contributed by atoms with Crippen LogP contribution in [-0.2, 0) is 15.4 Å². The standard InChI is InChI=1S/C12H21NO2Si/c1-14-16(15-2)10-6-9-13-11-12-7-4-3-5-8-12/h3-5,7-8,13,16H,6,9-11H2,1-2H3. The van der Waals surface area contributed by atoms with Gasteiger partial charge >= 0.3 is 9.28 Å². The summed E-state index contributed by atoms with van der Waals surface area (Å²) in [5.74, 6) is 0. The summed E-state index contributed by atoms with van der Waals surface area (Å²) in [6, 6.07) is 11.5. The predicted octanol–water partition coefficient (Wildman–Crippen LogP) is 1.68. The van der Waals surface area contributed by atoms with Gasteiger partial charge in [-0.1, -0.05) is 30.3 Å². The summed E-state index contributed by atoms with van der Waals surface area (Å²) in [6.07, 6.45) is 1.12. The van der Waals surface area contributed by atoms with Crippen LogP contribution < -0.4 is 5.32 Å². The molecule has 0 amide bonds. The fourth-order valence-corrected chi connectivity index (χ4v) is 2.76. The van der Waals surface area contributed by atoms with Gasteiger partial charge in [-0.15, -0.1) is 0 Å². The number of rotatable bonds is 8. The molecule has 0 bridgehead atoms. The van der Waals surface area contributed by atoms with Crippen LogP contribution in [0.4, 0.5) is 0 Å². The van der Waals surface area contributed by atoms with Gasteiger partial charge < -0.3 is 14.2 Å². The summed E-state index contributed by atoms with van der Waals surface area (Å²) in [7, 11) is 2.12. The Morgan fingerprint density at radius 1 is 1.12 bits per heavy atom. The maximum absolute atomic E-state index is 5.25. The highest BCUT2D eigenvalue weighted by Crippen LogP contribution is 2.00. The average molecular weight is 239 g/mol. The highest BCUT2D eigenvalue weighted by molar-refractivity contribution is 6.44. The van der Waals surface area contributed by atoms with Crippen molar-refractivity contribution in [2.24, 2.45) is 0 Å². The maximum atomic E-state index is 5.25. The molecule has 0 aliphatic heterocycles. The zero-order valence-electron chi connectivity index (χ0n) is 10.1. The largest absolute Gasteiger partial charge is 0.400 e. The third-order valence-electron chi connectivity index (χ3n) is 2.49. The molecule has 0 radical (unpaired) electrons. The molecule has 1 rings (SSSR count). The minimum absolute atomic E-state index is 0.938. The molecule has 0 aliphatic carbocycles. The first kappa shape index (κ1) is 13.4. The fraction of sp³-hybridized carbons (Fsp3) is 0.500. The molecular weight excluding hydrogens is 218 g/mol. The molecule has 0 fully saturated rings. The van der Waals surface area contributed by atoms with Crippen LogP contribution in [0.1, 0.15) is 12.0 Å². The number of benzene rings is 1. The monoisotopic (exact) mass is 239 g/mol. The van der Waals surface area contributed by atoms with Crippen LogP contribution in [-0.4, -0.2) is 30.0 Å². The molecule has 0 spiro atoms. The van der Waals surface area contributed by atoms with Crippen molar-refractivity contribution in [3.05, 3.63) is 35.9 Å². The van der Waals surface area contributed by atoms with E-state index in [4.69, 9.17) is 8.85 Å². The first-order valence-corrected chi connectivity index (χ1v) is 7.43. The average Bonchev–Trinajstić information content (AvgIpc) is 2.35. The lowest BCUT2D eigenvalue weighted by Crippen LogP contribution is -2.22. The lowest BCUT2D eigenvalue weighted by atomic mass is 10.2. The van der Waals surface area contributed by atoms with E-state index in [9.17, 15) is 0 Å². The number of hydrogen-bond donors (Lipinski definition) is 1. The molecule has 0 aromatic heterocycles. The first-order chi connectivity index (χ1) is 7.86. The third kappa shape index (κ3) is 5.41. The highest BCUT2D eigenvalue weighted by Gasteiger charge is 2.07. The Morgan fingerprint density at radius 2 is 1.81 bits per heavy atom. The minimum atomic E-state index is -1.35. The smallest absolute Gasteiger partial charge is 0.320 e. The summed E-state index contributed by atoms with van der Waals surface area (Å²) in [4.78, 5) is 0. The van der Waals surface area contributed by atoms with Crippen molar-refractivity contribution in [2.75, 3.05) is 20.8 Å². The van der Waals surface area contributed by atoms with Gasteiger partial charge in [-0.05, 0) is 24.6 Å². The van der Waals surface area contributed by atoms with E-state index in [1.165, 1.54) is 5.56 Å². The summed E-state index contributed by atoms with van der Waals surface area (Å²) < 4.78 is 10.5. The van der Waals surface area contributed by atoms with Gasteiger partial charge in [0, 0.05) is 20.8 Å². The molecule has 0 unspecified atom stereocenters. The van der Waals surface area contributed by atoms with Crippen molar-refractivity contribution in [1.82, 2.24) is 5.32 Å². The van der Waals surface area contributed by atoms with Crippen molar-refractivity contribution >= 4 is 9.28 Å². The molecule has 16 heavy (non-hydrogen) atoms. The van der Waals surface area contributed by atoms with Gasteiger partial charge in [-0.2, -0.15) is 0 Å². The normalized spacial score (nSPS) is 10.9. The van der Waals surface area contributed by atoms with Crippen molar-refractivity contribution in [2.45, 2.75) is 19.0 Å². The van der Waals surface area contributed by atoms with E-state index in [-0.39, 0.29) is 0 Å². The Balaban J connectivity index is 2.04. The molecule has 0 saturated carbocycles. The molecule has 1 aromatic rings. The van der Waals surface area contributed by atoms with Gasteiger partial charge in [0.1, 0.15) is 0 Å². The van der Waals surface area contributed by atoms with E-state index in [1.54, 1.807) is 14.2 Å². The van der Waals surface area contributed by atoms with Crippen molar-refractivity contribution in [1.29, 1.82) is 0 Å². The molecule has 3 nitrogen and oxygen atoms in total. The summed E-state index contributed by atoms with van der Waals surface area (Å²) in [5, 5.41) is 3.42. The van der Waals surface area contributed by atoms with Crippen LogP contribution >= 0.6 is 0 Å². The van der Waals surface area contributed by atoms with Crippen LogP contribution in [0, 0.1) is 0 Å². The second-order valence-corrected chi connectivity index (χ2v) is 6.08. The Hall–Kier alpha value is -0.683. The minimum Gasteiger partial charge on any atom is -0.400 e. The van der Waals surface area contributed by atoms with Gasteiger partial charge in [0.25, 0.3) is 0 Å². The van der Waals surface area contributed by atoms with E-state index in [0.717, 1.165) is 25.6 Å². The van der Waals surface area contributed by atoms with Crippen LogP contribution in [0.25, 0.3) is 0 Å². The molecule has 0 atom stereocenters. The van der Waals surface area contributed by atoms with E-state index < -0.39 is 9.28 Å². The Labute approximate surface area is 99.6 Å². The van der Waals surface area contributed by atoms with E-state index in [0.29, 0.717) is 0 Å². The Bertz CT molecular complexity index is 265. The van der Waals surface area contributed by atoms with Crippen LogP contribution in [0.2, 0.25) is 6.04 Å². The highest BCUT2D eigenvalue weighted by atomic mass is 28.3. The summed E-state index contributed by atoms with van der Waals surface area (Å²) in [6.45, 7) is 1.96. The second kappa shape index (κ2) is 8.47. The predicted molar refractivity (Wildman–Crippen MR) is 68.7 cm³/mol. The first-order valence-electron chi connectivity index (χ1n) is 5.67. The van der Waals surface area contributed by atoms with Crippen molar-refractivity contribution in [3.8, 4) is 0 Å². The van der Waals surface area contributed by atoms with E-state index in [1.807, 2.05) is 6.07 Å². The van der Waals surface area contributed by atoms with Gasteiger partial charge in [0.15, 0.2) is 0 Å². The molecule has 90 valence electrons. The van der Waals surface area contributed by atoms with Crippen molar-refractivity contribution in [3.63, 3.8) is 0 Å². The van der Waals surface area contributed by atoms with Gasteiger partial charge in [0.05, 0.1) is 0 Å². The SMILES string of the molecule is CO[SiH](CCCNCc1ccccc1)OC. The zero-order chi connectivity index (χ0) is 11.6. The number of nitrogens with one attached hydrogen (secondary N) is 1. The molecular formula is C12H21NO2Si. The van der Waals surface area contributed by atoms with Gasteiger partial charge in [-0.3, -0.25) is 0 Å². The van der Waals surface area contributed by atoms with Crippen LogP contribution in [0.3, 0.4) is 0 Å². The zero-order valence-corrected chi connectivity index (χ0v) is 11.3.